The molecule has 0 bridgehead atoms. The van der Waals surface area contributed by atoms with E-state index in [2.05, 4.69) is 27.2 Å². The Hall–Kier alpha value is -3.98. The highest BCUT2D eigenvalue weighted by molar-refractivity contribution is 5.65. The quantitative estimate of drug-likeness (QED) is 0.475. The van der Waals surface area contributed by atoms with Gasteiger partial charge in [0.15, 0.2) is 11.5 Å². The summed E-state index contributed by atoms with van der Waals surface area (Å²) >= 11 is 0. The maximum absolute atomic E-state index is 5.56. The van der Waals surface area contributed by atoms with Crippen LogP contribution in [0.2, 0.25) is 0 Å². The van der Waals surface area contributed by atoms with E-state index in [1.165, 1.54) is 0 Å². The van der Waals surface area contributed by atoms with Crippen molar-refractivity contribution < 1.29 is 4.74 Å². The number of hydrogen-bond donors (Lipinski definition) is 1. The van der Waals surface area contributed by atoms with Crippen molar-refractivity contribution in [3.8, 4) is 28.5 Å². The van der Waals surface area contributed by atoms with Crippen LogP contribution in [0.1, 0.15) is 5.69 Å². The first-order valence-electron chi connectivity index (χ1n) is 10.6. The van der Waals surface area contributed by atoms with Gasteiger partial charge in [0.05, 0.1) is 18.9 Å². The molecule has 1 aliphatic rings. The average molecular weight is 426 g/mol. The van der Waals surface area contributed by atoms with E-state index in [4.69, 9.17) is 19.9 Å². The smallest absolute Gasteiger partial charge is 0.160 e. The molecule has 0 radical (unpaired) electrons. The Kier molecular flexibility index (Phi) is 4.46. The second kappa shape index (κ2) is 7.61. The maximum atomic E-state index is 5.56. The lowest BCUT2D eigenvalue weighted by molar-refractivity contribution is 0.122. The molecule has 0 aliphatic carbocycles. The molecule has 1 aromatic carbocycles. The van der Waals surface area contributed by atoms with Crippen molar-refractivity contribution >= 4 is 11.5 Å². The molecule has 9 nitrogen and oxygen atoms in total. The van der Waals surface area contributed by atoms with Crippen molar-refractivity contribution in [1.82, 2.24) is 34.6 Å². The van der Waals surface area contributed by atoms with Crippen LogP contribution in [0.4, 0.5) is 5.82 Å². The monoisotopic (exact) mass is 426 g/mol. The van der Waals surface area contributed by atoms with E-state index in [1.807, 2.05) is 64.8 Å². The van der Waals surface area contributed by atoms with Crippen LogP contribution in [0, 0.1) is 6.92 Å². The second-order valence-electron chi connectivity index (χ2n) is 7.82. The Morgan fingerprint density at radius 1 is 0.906 bits per heavy atom. The van der Waals surface area contributed by atoms with Gasteiger partial charge in [-0.3, -0.25) is 5.10 Å². The minimum Gasteiger partial charge on any atom is -0.378 e. The molecular formula is C23H22N8O. The Morgan fingerprint density at radius 2 is 1.75 bits per heavy atom. The zero-order valence-electron chi connectivity index (χ0n) is 17.6. The fraction of sp³-hybridized carbons (Fsp3) is 0.217. The molecule has 0 unspecified atom stereocenters. The van der Waals surface area contributed by atoms with Crippen molar-refractivity contribution in [2.75, 3.05) is 31.2 Å². The lowest BCUT2D eigenvalue weighted by Crippen LogP contribution is -2.37. The van der Waals surface area contributed by atoms with Gasteiger partial charge >= 0.3 is 0 Å². The number of fused-ring (bicyclic) bond motifs is 1. The molecule has 32 heavy (non-hydrogen) atoms. The molecule has 0 amide bonds. The minimum atomic E-state index is 0.686. The topological polar surface area (TPSA) is 89.2 Å². The standard InChI is InChI=1S/C23H22N8O/c1-16-13-19(26-25-16)20-14-22-24-21(15-23(31(22)28-20)29-9-11-32-12-10-29)30-8-7-18(27-30)17-5-3-2-4-6-17/h2-8,13-15H,9-12H2,1H3,(H,25,26). The van der Waals surface area contributed by atoms with Crippen LogP contribution in [0.25, 0.3) is 34.1 Å². The molecule has 1 fully saturated rings. The van der Waals surface area contributed by atoms with Crippen LogP contribution < -0.4 is 4.90 Å². The summed E-state index contributed by atoms with van der Waals surface area (Å²) in [4.78, 5) is 7.14. The Bertz CT molecular complexity index is 1380. The van der Waals surface area contributed by atoms with Crippen LogP contribution in [-0.4, -0.2) is 60.9 Å². The third-order valence-corrected chi connectivity index (χ3v) is 5.59. The van der Waals surface area contributed by atoms with Gasteiger partial charge in [-0.05, 0) is 19.1 Å². The highest BCUT2D eigenvalue weighted by Gasteiger charge is 2.20. The largest absolute Gasteiger partial charge is 0.378 e. The molecule has 5 heterocycles. The molecular weight excluding hydrogens is 404 g/mol. The van der Waals surface area contributed by atoms with E-state index < -0.39 is 0 Å². The van der Waals surface area contributed by atoms with Crippen molar-refractivity contribution in [2.24, 2.45) is 0 Å². The predicted octanol–water partition coefficient (Wildman–Crippen LogP) is 3.12. The fourth-order valence-corrected chi connectivity index (χ4v) is 3.97. The summed E-state index contributed by atoms with van der Waals surface area (Å²) in [6.07, 6.45) is 1.94. The van der Waals surface area contributed by atoms with Gasteiger partial charge in [0.1, 0.15) is 17.2 Å². The molecule has 1 saturated heterocycles. The molecule has 160 valence electrons. The lowest BCUT2D eigenvalue weighted by Gasteiger charge is -2.29. The molecule has 0 spiro atoms. The van der Waals surface area contributed by atoms with Gasteiger partial charge in [-0.25, -0.2) is 9.67 Å². The highest BCUT2D eigenvalue weighted by atomic mass is 16.5. The van der Waals surface area contributed by atoms with Gasteiger partial charge in [-0.15, -0.1) is 0 Å². The van der Waals surface area contributed by atoms with Gasteiger partial charge in [0.25, 0.3) is 0 Å². The number of anilines is 1. The van der Waals surface area contributed by atoms with E-state index in [-0.39, 0.29) is 0 Å². The Labute approximate surface area is 184 Å². The third-order valence-electron chi connectivity index (χ3n) is 5.59. The SMILES string of the molecule is Cc1cc(-c2cc3nc(-n4ccc(-c5ccccc5)n4)cc(N4CCOCC4)n3n2)n[nH]1. The minimum absolute atomic E-state index is 0.686. The first-order chi connectivity index (χ1) is 15.7. The molecule has 4 aromatic heterocycles. The molecule has 0 atom stereocenters. The van der Waals surface area contributed by atoms with Crippen molar-refractivity contribution in [3.05, 3.63) is 66.5 Å². The number of aromatic amines is 1. The lowest BCUT2D eigenvalue weighted by atomic mass is 10.2. The summed E-state index contributed by atoms with van der Waals surface area (Å²) < 4.78 is 9.26. The number of rotatable bonds is 4. The predicted molar refractivity (Wildman–Crippen MR) is 121 cm³/mol. The van der Waals surface area contributed by atoms with E-state index in [1.54, 1.807) is 0 Å². The summed E-state index contributed by atoms with van der Waals surface area (Å²) in [5.74, 6) is 1.70. The van der Waals surface area contributed by atoms with E-state index in [0.717, 1.165) is 58.7 Å². The zero-order chi connectivity index (χ0) is 21.5. The highest BCUT2D eigenvalue weighted by Crippen LogP contribution is 2.25. The van der Waals surface area contributed by atoms with E-state index in [0.29, 0.717) is 13.2 Å². The summed E-state index contributed by atoms with van der Waals surface area (Å²) in [7, 11) is 0. The fourth-order valence-electron chi connectivity index (χ4n) is 3.97. The molecule has 6 rings (SSSR count). The average Bonchev–Trinajstić information content (AvgIpc) is 3.59. The van der Waals surface area contributed by atoms with Crippen molar-refractivity contribution in [1.29, 1.82) is 0 Å². The van der Waals surface area contributed by atoms with Crippen LogP contribution in [0.3, 0.4) is 0 Å². The van der Waals surface area contributed by atoms with Gasteiger partial charge < -0.3 is 9.64 Å². The molecule has 1 aliphatic heterocycles. The van der Waals surface area contributed by atoms with Crippen LogP contribution in [0.5, 0.6) is 0 Å². The number of aryl methyl sites for hydroxylation is 1. The van der Waals surface area contributed by atoms with Crippen LogP contribution in [0.15, 0.2) is 60.8 Å². The normalized spacial score (nSPS) is 14.3. The number of nitrogens with one attached hydrogen (secondary N) is 1. The molecule has 9 heteroatoms. The Morgan fingerprint density at radius 3 is 2.53 bits per heavy atom. The first kappa shape index (κ1) is 18.8. The van der Waals surface area contributed by atoms with Crippen molar-refractivity contribution in [2.45, 2.75) is 6.92 Å². The van der Waals surface area contributed by atoms with Crippen LogP contribution in [-0.2, 0) is 4.74 Å². The molecule has 5 aromatic rings. The van der Waals surface area contributed by atoms with Crippen LogP contribution >= 0.6 is 0 Å². The molecule has 1 N–H and O–H groups in total. The number of morpholine rings is 1. The van der Waals surface area contributed by atoms with Gasteiger partial charge in [-0.2, -0.15) is 19.8 Å². The first-order valence-corrected chi connectivity index (χ1v) is 10.6. The van der Waals surface area contributed by atoms with E-state index in [9.17, 15) is 0 Å². The van der Waals surface area contributed by atoms with Gasteiger partial charge in [0, 0.05) is 42.7 Å². The van der Waals surface area contributed by atoms with E-state index >= 15 is 0 Å². The number of aromatic nitrogens is 7. The zero-order valence-corrected chi connectivity index (χ0v) is 17.6. The molecule has 0 saturated carbocycles. The Balaban J connectivity index is 1.47. The van der Waals surface area contributed by atoms with Gasteiger partial charge in [-0.1, -0.05) is 30.3 Å². The van der Waals surface area contributed by atoms with Crippen molar-refractivity contribution in [3.63, 3.8) is 0 Å². The number of nitrogens with zero attached hydrogens (tertiary/aromatic N) is 7. The summed E-state index contributed by atoms with van der Waals surface area (Å²) in [5.41, 5.74) is 5.29. The number of H-pyrrole nitrogens is 1. The number of benzene rings is 1. The summed E-state index contributed by atoms with van der Waals surface area (Å²) in [5, 5.41) is 16.9. The third kappa shape index (κ3) is 3.32. The number of hydrogen-bond acceptors (Lipinski definition) is 6. The maximum Gasteiger partial charge on any atom is 0.160 e. The number of ether oxygens (including phenoxy) is 1. The summed E-state index contributed by atoms with van der Waals surface area (Å²) in [6, 6.07) is 18.1. The van der Waals surface area contributed by atoms with Gasteiger partial charge in [0.2, 0.25) is 0 Å². The second-order valence-corrected chi connectivity index (χ2v) is 7.82. The summed E-state index contributed by atoms with van der Waals surface area (Å²) in [6.45, 7) is 4.94.